The molecule has 2 aromatic carbocycles. The lowest BCUT2D eigenvalue weighted by atomic mass is 10.1. The lowest BCUT2D eigenvalue weighted by Crippen LogP contribution is -2.27. The van der Waals surface area contributed by atoms with Crippen molar-refractivity contribution >= 4 is 29.1 Å². The molecule has 0 radical (unpaired) electrons. The molecular weight excluding hydrogens is 394 g/mol. The number of carbonyl (C=O) groups is 3. The van der Waals surface area contributed by atoms with Crippen molar-refractivity contribution in [2.45, 2.75) is 27.3 Å². The van der Waals surface area contributed by atoms with Gasteiger partial charge in [-0.05, 0) is 61.4 Å². The largest absolute Gasteiger partial charge is 0.459 e. The fourth-order valence-corrected chi connectivity index (χ4v) is 3.11. The molecule has 0 aliphatic rings. The highest BCUT2D eigenvalue weighted by Crippen LogP contribution is 2.20. The lowest BCUT2D eigenvalue weighted by Gasteiger charge is -2.19. The maximum atomic E-state index is 12.8. The van der Waals surface area contributed by atoms with Crippen LogP contribution in [0.2, 0.25) is 0 Å². The summed E-state index contributed by atoms with van der Waals surface area (Å²) in [4.78, 5) is 38.4. The zero-order valence-electron chi connectivity index (χ0n) is 17.8. The summed E-state index contributed by atoms with van der Waals surface area (Å²) in [7, 11) is 0. The number of benzene rings is 2. The summed E-state index contributed by atoms with van der Waals surface area (Å²) >= 11 is 0. The van der Waals surface area contributed by atoms with Gasteiger partial charge in [0.15, 0.2) is 5.76 Å². The van der Waals surface area contributed by atoms with Gasteiger partial charge in [-0.2, -0.15) is 0 Å². The van der Waals surface area contributed by atoms with Gasteiger partial charge in [-0.1, -0.05) is 18.2 Å². The SMILES string of the molecule is CCN(Cc1cccc(NC(=O)c2ccc(C)c(NC(=O)c3ccco3)c2)c1)C(C)=O. The Labute approximate surface area is 181 Å². The molecule has 0 unspecified atom stereocenters. The quantitative estimate of drug-likeness (QED) is 0.591. The van der Waals surface area contributed by atoms with E-state index in [1.165, 1.54) is 13.2 Å². The van der Waals surface area contributed by atoms with Crippen molar-refractivity contribution in [3.05, 3.63) is 83.3 Å². The van der Waals surface area contributed by atoms with Gasteiger partial charge < -0.3 is 20.0 Å². The molecule has 3 rings (SSSR count). The molecular formula is C24H25N3O4. The van der Waals surface area contributed by atoms with E-state index in [1.54, 1.807) is 41.3 Å². The molecule has 3 aromatic rings. The van der Waals surface area contributed by atoms with Gasteiger partial charge in [-0.25, -0.2) is 0 Å². The van der Waals surface area contributed by atoms with Crippen molar-refractivity contribution in [3.8, 4) is 0 Å². The third-order valence-corrected chi connectivity index (χ3v) is 4.88. The maximum absolute atomic E-state index is 12.8. The molecule has 0 bridgehead atoms. The predicted molar refractivity (Wildman–Crippen MR) is 119 cm³/mol. The second kappa shape index (κ2) is 9.75. The number of amides is 3. The van der Waals surface area contributed by atoms with Crippen molar-refractivity contribution in [1.82, 2.24) is 4.90 Å². The van der Waals surface area contributed by atoms with E-state index in [4.69, 9.17) is 4.42 Å². The first-order valence-electron chi connectivity index (χ1n) is 9.98. The molecule has 2 N–H and O–H groups in total. The Morgan fingerprint density at radius 1 is 0.968 bits per heavy atom. The van der Waals surface area contributed by atoms with E-state index in [9.17, 15) is 14.4 Å². The number of rotatable bonds is 7. The standard InChI is InChI=1S/C24H25N3O4/c1-4-27(17(3)28)15-18-7-5-8-20(13-18)25-23(29)19-11-10-16(2)21(14-19)26-24(30)22-9-6-12-31-22/h5-14H,4,15H2,1-3H3,(H,25,29)(H,26,30). The average Bonchev–Trinajstić information content (AvgIpc) is 3.28. The van der Waals surface area contributed by atoms with E-state index in [1.807, 2.05) is 32.0 Å². The van der Waals surface area contributed by atoms with Crippen LogP contribution in [0.25, 0.3) is 0 Å². The summed E-state index contributed by atoms with van der Waals surface area (Å²) < 4.78 is 5.11. The molecule has 7 nitrogen and oxygen atoms in total. The number of carbonyl (C=O) groups excluding carboxylic acids is 3. The predicted octanol–water partition coefficient (Wildman–Crippen LogP) is 4.46. The van der Waals surface area contributed by atoms with Crippen molar-refractivity contribution in [3.63, 3.8) is 0 Å². The number of nitrogens with one attached hydrogen (secondary N) is 2. The highest BCUT2D eigenvalue weighted by molar-refractivity contribution is 6.07. The highest BCUT2D eigenvalue weighted by atomic mass is 16.3. The van der Waals surface area contributed by atoms with Crippen molar-refractivity contribution in [1.29, 1.82) is 0 Å². The van der Waals surface area contributed by atoms with Gasteiger partial charge in [0.2, 0.25) is 5.91 Å². The fourth-order valence-electron chi connectivity index (χ4n) is 3.11. The van der Waals surface area contributed by atoms with E-state index in [0.717, 1.165) is 11.1 Å². The van der Waals surface area contributed by atoms with Crippen LogP contribution in [-0.4, -0.2) is 29.2 Å². The summed E-state index contributed by atoms with van der Waals surface area (Å²) in [5, 5.41) is 5.64. The molecule has 0 spiro atoms. The van der Waals surface area contributed by atoms with Crippen LogP contribution < -0.4 is 10.6 Å². The number of nitrogens with zero attached hydrogens (tertiary/aromatic N) is 1. The Morgan fingerprint density at radius 2 is 1.77 bits per heavy atom. The normalized spacial score (nSPS) is 10.4. The van der Waals surface area contributed by atoms with Gasteiger partial charge in [-0.3, -0.25) is 14.4 Å². The summed E-state index contributed by atoms with van der Waals surface area (Å²) in [5.41, 5.74) is 3.31. The molecule has 31 heavy (non-hydrogen) atoms. The lowest BCUT2D eigenvalue weighted by molar-refractivity contribution is -0.129. The smallest absolute Gasteiger partial charge is 0.291 e. The second-order valence-corrected chi connectivity index (χ2v) is 7.15. The van der Waals surface area contributed by atoms with Gasteiger partial charge in [0.25, 0.3) is 11.8 Å². The van der Waals surface area contributed by atoms with Crippen molar-refractivity contribution in [2.75, 3.05) is 17.2 Å². The zero-order chi connectivity index (χ0) is 22.4. The number of hydrogen-bond acceptors (Lipinski definition) is 4. The molecule has 0 saturated carbocycles. The van der Waals surface area contributed by atoms with Crippen LogP contribution in [0.3, 0.4) is 0 Å². The Bertz CT molecular complexity index is 1090. The van der Waals surface area contributed by atoms with Gasteiger partial charge in [0.05, 0.1) is 6.26 Å². The van der Waals surface area contributed by atoms with Crippen LogP contribution in [0.15, 0.2) is 65.3 Å². The summed E-state index contributed by atoms with van der Waals surface area (Å²) in [6.45, 7) is 6.39. The monoisotopic (exact) mass is 419 g/mol. The topological polar surface area (TPSA) is 91.7 Å². The zero-order valence-corrected chi connectivity index (χ0v) is 17.8. The average molecular weight is 419 g/mol. The molecule has 1 aromatic heterocycles. The second-order valence-electron chi connectivity index (χ2n) is 7.15. The first-order chi connectivity index (χ1) is 14.9. The molecule has 0 aliphatic carbocycles. The van der Waals surface area contributed by atoms with E-state index in [2.05, 4.69) is 10.6 Å². The van der Waals surface area contributed by atoms with Gasteiger partial charge in [-0.15, -0.1) is 0 Å². The molecule has 1 heterocycles. The first kappa shape index (κ1) is 21.8. The van der Waals surface area contributed by atoms with Crippen LogP contribution in [0, 0.1) is 6.92 Å². The summed E-state index contributed by atoms with van der Waals surface area (Å²) in [6, 6.07) is 15.7. The van der Waals surface area contributed by atoms with Crippen LogP contribution >= 0.6 is 0 Å². The van der Waals surface area contributed by atoms with E-state index in [0.29, 0.717) is 30.0 Å². The van der Waals surface area contributed by atoms with Crippen molar-refractivity contribution in [2.24, 2.45) is 0 Å². The van der Waals surface area contributed by atoms with Crippen LogP contribution in [0.5, 0.6) is 0 Å². The molecule has 7 heteroatoms. The van der Waals surface area contributed by atoms with Gasteiger partial charge >= 0.3 is 0 Å². The third-order valence-electron chi connectivity index (χ3n) is 4.88. The van der Waals surface area contributed by atoms with E-state index >= 15 is 0 Å². The van der Waals surface area contributed by atoms with Gasteiger partial charge in [0, 0.05) is 37.0 Å². The molecule has 0 aliphatic heterocycles. The van der Waals surface area contributed by atoms with Crippen molar-refractivity contribution < 1.29 is 18.8 Å². The number of aryl methyl sites for hydroxylation is 1. The molecule has 0 atom stereocenters. The Kier molecular flexibility index (Phi) is 6.87. The van der Waals surface area contributed by atoms with Crippen LogP contribution in [-0.2, 0) is 11.3 Å². The highest BCUT2D eigenvalue weighted by Gasteiger charge is 2.14. The molecule has 160 valence electrons. The Balaban J connectivity index is 1.73. The molecule has 0 fully saturated rings. The van der Waals surface area contributed by atoms with E-state index in [-0.39, 0.29) is 23.5 Å². The minimum atomic E-state index is -0.385. The van der Waals surface area contributed by atoms with Crippen LogP contribution in [0.4, 0.5) is 11.4 Å². The Hall–Kier alpha value is -3.87. The minimum Gasteiger partial charge on any atom is -0.459 e. The summed E-state index contributed by atoms with van der Waals surface area (Å²) in [5.74, 6) is -0.493. The fraction of sp³-hybridized carbons (Fsp3) is 0.208. The number of anilines is 2. The number of hydrogen-bond donors (Lipinski definition) is 2. The van der Waals surface area contributed by atoms with Gasteiger partial charge in [0.1, 0.15) is 0 Å². The summed E-state index contributed by atoms with van der Waals surface area (Å²) in [6.07, 6.45) is 1.43. The maximum Gasteiger partial charge on any atom is 0.291 e. The van der Waals surface area contributed by atoms with E-state index < -0.39 is 0 Å². The Morgan fingerprint density at radius 3 is 2.45 bits per heavy atom. The molecule has 3 amide bonds. The third kappa shape index (κ3) is 5.60. The first-order valence-corrected chi connectivity index (χ1v) is 9.98. The molecule has 0 saturated heterocycles. The minimum absolute atomic E-state index is 0.000666. The van der Waals surface area contributed by atoms with Crippen LogP contribution in [0.1, 0.15) is 45.9 Å². The number of furan rings is 1.